The minimum Gasteiger partial charge on any atom is -0.176 e. The van der Waals surface area contributed by atoms with Gasteiger partial charge < -0.3 is 0 Å². The Balaban J connectivity index is 1.52. The summed E-state index contributed by atoms with van der Waals surface area (Å²) in [6, 6.07) is 0. The van der Waals surface area contributed by atoms with Crippen molar-refractivity contribution in [2.75, 3.05) is 0 Å². The number of allylic oxidation sites excluding steroid dienone is 2. The van der Waals surface area contributed by atoms with Crippen LogP contribution in [0, 0.1) is 52.3 Å². The van der Waals surface area contributed by atoms with Crippen LogP contribution in [0.3, 0.4) is 0 Å². The third-order valence-corrected chi connectivity index (χ3v) is 12.0. The number of rotatable bonds is 6. The van der Waals surface area contributed by atoms with E-state index in [9.17, 15) is 0 Å². The van der Waals surface area contributed by atoms with E-state index in [-0.39, 0.29) is 0 Å². The van der Waals surface area contributed by atoms with E-state index in [1.54, 1.807) is 5.57 Å². The summed E-state index contributed by atoms with van der Waals surface area (Å²) in [5, 5.41) is 0.654. The smallest absolute Gasteiger partial charge is 0.00198 e. The number of thiol groups is 1. The third-order valence-electron chi connectivity index (χ3n) is 11.5. The highest BCUT2D eigenvalue weighted by Crippen LogP contribution is 2.69. The molecule has 176 valence electrons. The predicted octanol–water partition coefficient (Wildman–Crippen LogP) is 9.13. The molecule has 0 aliphatic heterocycles. The monoisotopic (exact) mass is 442 g/mol. The molecule has 0 amide bonds. The van der Waals surface area contributed by atoms with Crippen LogP contribution < -0.4 is 0 Å². The molecule has 4 aliphatic carbocycles. The third kappa shape index (κ3) is 4.02. The number of fused-ring (bicyclic) bond motifs is 5. The zero-order valence-electron chi connectivity index (χ0n) is 21.3. The Bertz CT molecular complexity index is 693. The molecule has 0 N–H and O–H groups in total. The predicted molar refractivity (Wildman–Crippen MR) is 140 cm³/mol. The molecule has 0 bridgehead atoms. The summed E-state index contributed by atoms with van der Waals surface area (Å²) in [5.74, 6) is 5.72. The van der Waals surface area contributed by atoms with Gasteiger partial charge >= 0.3 is 0 Å². The van der Waals surface area contributed by atoms with Gasteiger partial charge in [-0.2, -0.15) is 12.6 Å². The summed E-state index contributed by atoms with van der Waals surface area (Å²) in [6.07, 6.45) is 15.0. The number of hydrogen-bond donors (Lipinski definition) is 1. The van der Waals surface area contributed by atoms with E-state index in [1.165, 1.54) is 76.2 Å². The average molecular weight is 443 g/mol. The second-order valence-corrected chi connectivity index (χ2v) is 13.7. The molecule has 4 fully saturated rings. The van der Waals surface area contributed by atoms with Crippen molar-refractivity contribution in [1.82, 2.24) is 0 Å². The second kappa shape index (κ2) is 8.88. The van der Waals surface area contributed by atoms with Gasteiger partial charge in [-0.25, -0.2) is 0 Å². The zero-order valence-corrected chi connectivity index (χ0v) is 22.2. The van der Waals surface area contributed by atoms with E-state index < -0.39 is 0 Å². The Morgan fingerprint density at radius 3 is 2.48 bits per heavy atom. The van der Waals surface area contributed by atoms with Gasteiger partial charge in [0.1, 0.15) is 0 Å². The van der Waals surface area contributed by atoms with Crippen LogP contribution in [0.2, 0.25) is 0 Å². The van der Waals surface area contributed by atoms with E-state index in [4.69, 9.17) is 19.2 Å². The summed E-state index contributed by atoms with van der Waals surface area (Å²) in [6.45, 7) is 21.9. The molecule has 0 nitrogen and oxygen atoms in total. The highest BCUT2D eigenvalue weighted by atomic mass is 32.1. The van der Waals surface area contributed by atoms with Gasteiger partial charge in [-0.05, 0) is 116 Å². The Kier molecular flexibility index (Phi) is 6.87. The van der Waals surface area contributed by atoms with Gasteiger partial charge in [-0.15, -0.1) is 0 Å². The first-order valence-electron chi connectivity index (χ1n) is 13.6. The fourth-order valence-electron chi connectivity index (χ4n) is 9.25. The van der Waals surface area contributed by atoms with Gasteiger partial charge in [0, 0.05) is 5.25 Å². The molecule has 0 aromatic rings. The normalized spacial score (nSPS) is 46.6. The lowest BCUT2D eigenvalue weighted by Gasteiger charge is -2.61. The van der Waals surface area contributed by atoms with Gasteiger partial charge in [-0.1, -0.05) is 65.3 Å². The van der Waals surface area contributed by atoms with Crippen LogP contribution in [0.15, 0.2) is 24.3 Å². The van der Waals surface area contributed by atoms with Gasteiger partial charge in [0.15, 0.2) is 0 Å². The van der Waals surface area contributed by atoms with Crippen LogP contribution in [-0.4, -0.2) is 5.25 Å². The summed E-state index contributed by atoms with van der Waals surface area (Å²) < 4.78 is 0. The fraction of sp³-hybridized carbons (Fsp3) is 0.867. The molecule has 0 spiro atoms. The second-order valence-electron chi connectivity index (χ2n) is 13.0. The van der Waals surface area contributed by atoms with Gasteiger partial charge in [0.25, 0.3) is 0 Å². The molecule has 0 saturated heterocycles. The SMILES string of the molecule is C=C(CCC(C)CC)C(C)C1C(=C)CC2C3CCC4CC(S)CCC4(C)C3CCC21C. The first-order chi connectivity index (χ1) is 14.6. The minimum absolute atomic E-state index is 0.445. The maximum Gasteiger partial charge on any atom is 0.00198 e. The Morgan fingerprint density at radius 1 is 1.06 bits per heavy atom. The molecule has 4 saturated carbocycles. The molecule has 4 rings (SSSR count). The van der Waals surface area contributed by atoms with E-state index in [0.717, 1.165) is 29.6 Å². The van der Waals surface area contributed by atoms with Crippen LogP contribution in [0.5, 0.6) is 0 Å². The molecular weight excluding hydrogens is 392 g/mol. The maximum absolute atomic E-state index is 4.89. The van der Waals surface area contributed by atoms with Crippen molar-refractivity contribution < 1.29 is 0 Å². The van der Waals surface area contributed by atoms with Gasteiger partial charge in [-0.3, -0.25) is 0 Å². The zero-order chi connectivity index (χ0) is 22.6. The molecule has 1 heteroatoms. The van der Waals surface area contributed by atoms with Crippen molar-refractivity contribution in [2.24, 2.45) is 52.3 Å². The van der Waals surface area contributed by atoms with Crippen molar-refractivity contribution in [2.45, 2.75) is 110 Å². The van der Waals surface area contributed by atoms with E-state index in [0.29, 0.717) is 27.9 Å². The Hall–Kier alpha value is -0.170. The van der Waals surface area contributed by atoms with Crippen LogP contribution in [0.1, 0.15) is 105 Å². The van der Waals surface area contributed by atoms with Crippen molar-refractivity contribution in [3.63, 3.8) is 0 Å². The largest absolute Gasteiger partial charge is 0.176 e. The number of hydrogen-bond acceptors (Lipinski definition) is 1. The van der Waals surface area contributed by atoms with E-state index in [2.05, 4.69) is 41.2 Å². The summed E-state index contributed by atoms with van der Waals surface area (Å²) in [7, 11) is 0. The highest BCUT2D eigenvalue weighted by molar-refractivity contribution is 7.80. The summed E-state index contributed by atoms with van der Waals surface area (Å²) in [5.41, 5.74) is 4.09. The highest BCUT2D eigenvalue weighted by Gasteiger charge is 2.61. The summed E-state index contributed by atoms with van der Waals surface area (Å²) in [4.78, 5) is 0. The standard InChI is InChI=1S/C30H50S/c1-8-19(2)9-10-20(3)22(5)28-21(4)17-27-25-12-11-23-18-24(31)13-15-29(23,6)26(25)14-16-30(27,28)7/h19,22-28,31H,3-4,8-18H2,1-2,5-7H3. The van der Waals surface area contributed by atoms with E-state index in [1.807, 2.05) is 0 Å². The van der Waals surface area contributed by atoms with Crippen LogP contribution in [0.4, 0.5) is 0 Å². The van der Waals surface area contributed by atoms with Crippen molar-refractivity contribution in [3.8, 4) is 0 Å². The van der Waals surface area contributed by atoms with Gasteiger partial charge in [0.2, 0.25) is 0 Å². The average Bonchev–Trinajstić information content (AvgIpc) is 3.01. The molecule has 0 aromatic carbocycles. The minimum atomic E-state index is 0.445. The van der Waals surface area contributed by atoms with Crippen molar-refractivity contribution in [1.29, 1.82) is 0 Å². The Morgan fingerprint density at radius 2 is 1.77 bits per heavy atom. The van der Waals surface area contributed by atoms with Crippen LogP contribution in [-0.2, 0) is 0 Å². The van der Waals surface area contributed by atoms with Gasteiger partial charge in [0.05, 0.1) is 0 Å². The van der Waals surface area contributed by atoms with E-state index >= 15 is 0 Å². The molecule has 0 aromatic heterocycles. The molecule has 0 heterocycles. The lowest BCUT2D eigenvalue weighted by atomic mass is 9.44. The molecule has 0 radical (unpaired) electrons. The topological polar surface area (TPSA) is 0 Å². The maximum atomic E-state index is 4.89. The first kappa shape index (κ1) is 24.0. The molecule has 4 aliphatic rings. The quantitative estimate of drug-likeness (QED) is 0.307. The van der Waals surface area contributed by atoms with Crippen molar-refractivity contribution in [3.05, 3.63) is 24.3 Å². The van der Waals surface area contributed by atoms with Crippen molar-refractivity contribution >= 4 is 12.6 Å². The van der Waals surface area contributed by atoms with Crippen LogP contribution in [0.25, 0.3) is 0 Å². The molecule has 31 heavy (non-hydrogen) atoms. The first-order valence-corrected chi connectivity index (χ1v) is 14.2. The fourth-order valence-corrected chi connectivity index (χ4v) is 9.64. The molecular formula is C30H50S. The molecule has 10 atom stereocenters. The summed E-state index contributed by atoms with van der Waals surface area (Å²) >= 11 is 4.89. The lowest BCUT2D eigenvalue weighted by Crippen LogP contribution is -2.53. The Labute approximate surface area is 199 Å². The lowest BCUT2D eigenvalue weighted by molar-refractivity contribution is -0.112. The molecule has 10 unspecified atom stereocenters. The van der Waals surface area contributed by atoms with Crippen LogP contribution >= 0.6 is 12.6 Å².